The SMILES string of the molecule is CC(=O)OC(CC(C)(C)O)c1nc2c([nH]1)c(Cl)nc1ccccc12. The molecule has 24 heavy (non-hydrogen) atoms. The third-order valence-corrected chi connectivity index (χ3v) is 3.88. The van der Waals surface area contributed by atoms with Crippen LogP contribution < -0.4 is 0 Å². The number of hydrogen-bond acceptors (Lipinski definition) is 5. The number of halogens is 1. The van der Waals surface area contributed by atoms with Crippen molar-refractivity contribution in [2.45, 2.75) is 38.9 Å². The first-order chi connectivity index (χ1) is 11.2. The maximum absolute atomic E-state index is 11.4. The number of imidazole rings is 1. The van der Waals surface area contributed by atoms with Crippen molar-refractivity contribution in [1.29, 1.82) is 0 Å². The summed E-state index contributed by atoms with van der Waals surface area (Å²) in [5.74, 6) is -0.0128. The summed E-state index contributed by atoms with van der Waals surface area (Å²) >= 11 is 6.25. The van der Waals surface area contributed by atoms with E-state index in [1.807, 2.05) is 24.3 Å². The Bertz CT molecular complexity index is 914. The molecule has 2 N–H and O–H groups in total. The number of esters is 1. The van der Waals surface area contributed by atoms with E-state index >= 15 is 0 Å². The third kappa shape index (κ3) is 3.34. The number of nitrogens with one attached hydrogen (secondary N) is 1. The van der Waals surface area contributed by atoms with E-state index in [4.69, 9.17) is 16.3 Å². The molecule has 0 radical (unpaired) electrons. The number of ether oxygens (including phenoxy) is 1. The second-order valence-electron chi connectivity index (χ2n) is 6.38. The van der Waals surface area contributed by atoms with Gasteiger partial charge in [0.1, 0.15) is 16.9 Å². The van der Waals surface area contributed by atoms with Crippen molar-refractivity contribution in [2.75, 3.05) is 0 Å². The van der Waals surface area contributed by atoms with Crippen molar-refractivity contribution < 1.29 is 14.6 Å². The molecule has 0 aliphatic carbocycles. The first-order valence-electron chi connectivity index (χ1n) is 7.58. The molecule has 2 heterocycles. The van der Waals surface area contributed by atoms with Gasteiger partial charge in [-0.1, -0.05) is 29.8 Å². The van der Waals surface area contributed by atoms with E-state index in [1.165, 1.54) is 6.92 Å². The molecule has 0 aliphatic rings. The molecule has 2 aromatic heterocycles. The fraction of sp³-hybridized carbons (Fsp3) is 0.353. The molecule has 0 bridgehead atoms. The summed E-state index contributed by atoms with van der Waals surface area (Å²) in [5, 5.41) is 11.2. The zero-order valence-electron chi connectivity index (χ0n) is 13.6. The third-order valence-electron chi connectivity index (χ3n) is 3.60. The molecule has 1 unspecified atom stereocenters. The van der Waals surface area contributed by atoms with Gasteiger partial charge >= 0.3 is 5.97 Å². The van der Waals surface area contributed by atoms with E-state index in [9.17, 15) is 9.90 Å². The monoisotopic (exact) mass is 347 g/mol. The molecular weight excluding hydrogens is 330 g/mol. The van der Waals surface area contributed by atoms with Gasteiger partial charge in [-0.2, -0.15) is 0 Å². The number of aliphatic hydroxyl groups is 1. The van der Waals surface area contributed by atoms with Gasteiger partial charge in [-0.3, -0.25) is 4.79 Å². The molecule has 1 aromatic carbocycles. The number of pyridine rings is 1. The molecule has 3 aromatic rings. The lowest BCUT2D eigenvalue weighted by molar-refractivity contribution is -0.149. The van der Waals surface area contributed by atoms with Gasteiger partial charge in [0, 0.05) is 18.7 Å². The molecule has 0 spiro atoms. The van der Waals surface area contributed by atoms with Crippen LogP contribution >= 0.6 is 11.6 Å². The summed E-state index contributed by atoms with van der Waals surface area (Å²) in [7, 11) is 0. The Morgan fingerprint density at radius 1 is 1.38 bits per heavy atom. The average Bonchev–Trinajstić information content (AvgIpc) is 2.91. The molecule has 0 saturated carbocycles. The quantitative estimate of drug-likeness (QED) is 0.556. The van der Waals surface area contributed by atoms with Gasteiger partial charge in [0.2, 0.25) is 0 Å². The van der Waals surface area contributed by atoms with Crippen LogP contribution in [-0.2, 0) is 9.53 Å². The maximum Gasteiger partial charge on any atom is 0.303 e. The number of H-pyrrole nitrogens is 1. The van der Waals surface area contributed by atoms with Gasteiger partial charge in [0.25, 0.3) is 0 Å². The lowest BCUT2D eigenvalue weighted by Crippen LogP contribution is -2.25. The Balaban J connectivity index is 2.15. The van der Waals surface area contributed by atoms with Crippen molar-refractivity contribution in [3.05, 3.63) is 35.2 Å². The molecule has 3 rings (SSSR count). The minimum absolute atomic E-state index is 0.204. The maximum atomic E-state index is 11.4. The number of nitrogens with zero attached hydrogens (tertiary/aromatic N) is 2. The van der Waals surface area contributed by atoms with Crippen molar-refractivity contribution >= 4 is 39.5 Å². The topological polar surface area (TPSA) is 88.1 Å². The zero-order valence-corrected chi connectivity index (χ0v) is 14.4. The molecule has 0 amide bonds. The number of rotatable bonds is 4. The average molecular weight is 348 g/mol. The standard InChI is InChI=1S/C17H18ClN3O3/c1-9(22)24-12(8-17(2,3)23)16-20-13-10-6-4-5-7-11(10)19-15(18)14(13)21-16/h4-7,12,23H,8H2,1-3H3,(H,20,21). The van der Waals surface area contributed by atoms with Gasteiger partial charge < -0.3 is 14.8 Å². The van der Waals surface area contributed by atoms with Crippen LogP contribution in [0.1, 0.15) is 39.1 Å². The summed E-state index contributed by atoms with van der Waals surface area (Å²) < 4.78 is 5.34. The molecule has 7 heteroatoms. The van der Waals surface area contributed by atoms with Gasteiger partial charge in [0.15, 0.2) is 11.3 Å². The Morgan fingerprint density at radius 2 is 2.08 bits per heavy atom. The predicted molar refractivity (Wildman–Crippen MR) is 91.8 cm³/mol. The number of hydrogen-bond donors (Lipinski definition) is 2. The van der Waals surface area contributed by atoms with Crippen LogP contribution in [0.4, 0.5) is 0 Å². The second-order valence-corrected chi connectivity index (χ2v) is 6.74. The van der Waals surface area contributed by atoms with Crippen LogP contribution in [0, 0.1) is 0 Å². The predicted octanol–water partition coefficient (Wildman–Crippen LogP) is 3.53. The zero-order chi connectivity index (χ0) is 17.5. The number of carbonyl (C=O) groups is 1. The normalized spacial score (nSPS) is 13.4. The van der Waals surface area contributed by atoms with E-state index in [0.717, 1.165) is 10.9 Å². The van der Waals surface area contributed by atoms with Crippen LogP contribution in [0.25, 0.3) is 21.9 Å². The summed E-state index contributed by atoms with van der Waals surface area (Å²) in [5.41, 5.74) is 0.953. The lowest BCUT2D eigenvalue weighted by atomic mass is 10.0. The minimum Gasteiger partial charge on any atom is -0.454 e. The van der Waals surface area contributed by atoms with Crippen LogP contribution in [-0.4, -0.2) is 31.6 Å². The summed E-state index contributed by atoms with van der Waals surface area (Å²) in [6, 6.07) is 7.53. The number of aromatic amines is 1. The smallest absolute Gasteiger partial charge is 0.303 e. The fourth-order valence-corrected chi connectivity index (χ4v) is 2.90. The number of fused-ring (bicyclic) bond motifs is 3. The molecule has 0 saturated heterocycles. The van der Waals surface area contributed by atoms with Crippen LogP contribution in [0.5, 0.6) is 0 Å². The molecule has 126 valence electrons. The van der Waals surface area contributed by atoms with E-state index in [2.05, 4.69) is 15.0 Å². The van der Waals surface area contributed by atoms with Crippen LogP contribution in [0.3, 0.4) is 0 Å². The molecule has 0 aliphatic heterocycles. The fourth-order valence-electron chi connectivity index (χ4n) is 2.67. The number of carbonyl (C=O) groups excluding carboxylic acids is 1. The van der Waals surface area contributed by atoms with Crippen LogP contribution in [0.15, 0.2) is 24.3 Å². The van der Waals surface area contributed by atoms with Gasteiger partial charge in [0.05, 0.1) is 11.1 Å². The number of benzene rings is 1. The van der Waals surface area contributed by atoms with Gasteiger partial charge in [-0.25, -0.2) is 9.97 Å². The summed E-state index contributed by atoms with van der Waals surface area (Å²) in [4.78, 5) is 23.4. The molecule has 0 fully saturated rings. The Kier molecular flexibility index (Phi) is 4.19. The van der Waals surface area contributed by atoms with Crippen molar-refractivity contribution in [2.24, 2.45) is 0 Å². The molecular formula is C17H18ClN3O3. The molecule has 1 atom stereocenters. The van der Waals surface area contributed by atoms with Crippen LogP contribution in [0.2, 0.25) is 5.15 Å². The minimum atomic E-state index is -1.02. The highest BCUT2D eigenvalue weighted by Gasteiger charge is 2.27. The molecule has 6 nitrogen and oxygen atoms in total. The van der Waals surface area contributed by atoms with Crippen molar-refractivity contribution in [3.8, 4) is 0 Å². The Morgan fingerprint density at radius 3 is 2.75 bits per heavy atom. The summed E-state index contributed by atoms with van der Waals surface area (Å²) in [6.45, 7) is 4.62. The number of aromatic nitrogens is 3. The highest BCUT2D eigenvalue weighted by atomic mass is 35.5. The Hall–Kier alpha value is -2.18. The van der Waals surface area contributed by atoms with E-state index in [-0.39, 0.29) is 6.42 Å². The number of para-hydroxylation sites is 1. The highest BCUT2D eigenvalue weighted by Crippen LogP contribution is 2.32. The first-order valence-corrected chi connectivity index (χ1v) is 7.96. The van der Waals surface area contributed by atoms with E-state index in [0.29, 0.717) is 22.0 Å². The first kappa shape index (κ1) is 16.7. The summed E-state index contributed by atoms with van der Waals surface area (Å²) in [6.07, 6.45) is -0.500. The van der Waals surface area contributed by atoms with Crippen molar-refractivity contribution in [3.63, 3.8) is 0 Å². The van der Waals surface area contributed by atoms with Gasteiger partial charge in [-0.15, -0.1) is 0 Å². The van der Waals surface area contributed by atoms with Gasteiger partial charge in [-0.05, 0) is 19.9 Å². The lowest BCUT2D eigenvalue weighted by Gasteiger charge is -2.23. The van der Waals surface area contributed by atoms with E-state index < -0.39 is 17.7 Å². The highest BCUT2D eigenvalue weighted by molar-refractivity contribution is 6.35. The van der Waals surface area contributed by atoms with E-state index in [1.54, 1.807) is 13.8 Å². The Labute approximate surface area is 143 Å². The second kappa shape index (κ2) is 6.03. The largest absolute Gasteiger partial charge is 0.454 e. The van der Waals surface area contributed by atoms with Crippen molar-refractivity contribution in [1.82, 2.24) is 15.0 Å².